The molecule has 1 aliphatic rings. The van der Waals surface area contributed by atoms with E-state index >= 15 is 0 Å². The lowest BCUT2D eigenvalue weighted by atomic mass is 10.2. The van der Waals surface area contributed by atoms with Crippen molar-refractivity contribution in [3.8, 4) is 11.5 Å². The van der Waals surface area contributed by atoms with Gasteiger partial charge in [0.15, 0.2) is 16.7 Å². The number of nitrogens with zero attached hydrogens (tertiary/aromatic N) is 1. The first-order chi connectivity index (χ1) is 13.9. The molecule has 5 nitrogen and oxygen atoms in total. The van der Waals surface area contributed by atoms with Gasteiger partial charge in [-0.15, -0.1) is 0 Å². The van der Waals surface area contributed by atoms with Crippen LogP contribution < -0.4 is 14.8 Å². The number of thioether (sulfide) groups is 1. The highest BCUT2D eigenvalue weighted by molar-refractivity contribution is 8.18. The second kappa shape index (κ2) is 9.65. The molecular formula is C23H26N2O3S. The van der Waals surface area contributed by atoms with E-state index in [0.29, 0.717) is 40.7 Å². The molecule has 0 unspecified atom stereocenters. The van der Waals surface area contributed by atoms with Crippen molar-refractivity contribution in [2.24, 2.45) is 10.9 Å². The molecule has 0 saturated carbocycles. The molecule has 0 bridgehead atoms. The van der Waals surface area contributed by atoms with Crippen LogP contribution in [0.15, 0.2) is 52.4 Å². The molecule has 2 aromatic carbocycles. The maximum Gasteiger partial charge on any atom is 0.264 e. The van der Waals surface area contributed by atoms with Crippen LogP contribution in [0.5, 0.6) is 11.5 Å². The summed E-state index contributed by atoms with van der Waals surface area (Å²) >= 11 is 1.33. The van der Waals surface area contributed by atoms with E-state index in [-0.39, 0.29) is 5.91 Å². The number of hydrogen-bond donors (Lipinski definition) is 1. The lowest BCUT2D eigenvalue weighted by molar-refractivity contribution is -0.115. The molecule has 152 valence electrons. The molecule has 0 radical (unpaired) electrons. The van der Waals surface area contributed by atoms with E-state index in [1.807, 2.05) is 62.4 Å². The van der Waals surface area contributed by atoms with Crippen LogP contribution in [0.25, 0.3) is 6.08 Å². The number of benzene rings is 2. The fourth-order valence-electron chi connectivity index (χ4n) is 2.63. The van der Waals surface area contributed by atoms with Gasteiger partial charge < -0.3 is 14.8 Å². The fourth-order valence-corrected chi connectivity index (χ4v) is 3.47. The van der Waals surface area contributed by atoms with Gasteiger partial charge in [0.05, 0.1) is 23.8 Å². The van der Waals surface area contributed by atoms with Gasteiger partial charge in [0.1, 0.15) is 0 Å². The number of carbonyl (C=O) groups excluding carboxylic acids is 1. The van der Waals surface area contributed by atoms with Gasteiger partial charge in [-0.3, -0.25) is 4.79 Å². The zero-order valence-electron chi connectivity index (χ0n) is 17.2. The Kier molecular flexibility index (Phi) is 6.99. The Morgan fingerprint density at radius 3 is 2.55 bits per heavy atom. The third kappa shape index (κ3) is 5.87. The molecule has 1 heterocycles. The first-order valence-electron chi connectivity index (χ1n) is 9.70. The third-order valence-corrected chi connectivity index (χ3v) is 4.96. The molecule has 3 rings (SSSR count). The Balaban J connectivity index is 1.79. The van der Waals surface area contributed by atoms with Gasteiger partial charge in [0, 0.05) is 0 Å². The van der Waals surface area contributed by atoms with Crippen LogP contribution in [0, 0.1) is 12.8 Å². The Morgan fingerprint density at radius 2 is 1.86 bits per heavy atom. The molecule has 1 N–H and O–H groups in total. The number of carbonyl (C=O) groups is 1. The molecule has 0 atom stereocenters. The topological polar surface area (TPSA) is 59.9 Å². The largest absolute Gasteiger partial charge is 0.490 e. The van der Waals surface area contributed by atoms with Crippen LogP contribution in [-0.4, -0.2) is 24.3 Å². The number of amidine groups is 1. The van der Waals surface area contributed by atoms with Crippen molar-refractivity contribution < 1.29 is 14.3 Å². The summed E-state index contributed by atoms with van der Waals surface area (Å²) in [6, 6.07) is 13.6. The summed E-state index contributed by atoms with van der Waals surface area (Å²) in [4.78, 5) is 17.4. The van der Waals surface area contributed by atoms with Crippen LogP contribution in [0.3, 0.4) is 0 Å². The van der Waals surface area contributed by atoms with Gasteiger partial charge in [-0.2, -0.15) is 0 Å². The molecule has 0 spiro atoms. The molecule has 1 aliphatic heterocycles. The minimum atomic E-state index is -0.154. The van der Waals surface area contributed by atoms with Gasteiger partial charge in [0.2, 0.25) is 0 Å². The van der Waals surface area contributed by atoms with Crippen LogP contribution >= 0.6 is 11.8 Å². The number of nitrogens with one attached hydrogen (secondary N) is 1. The summed E-state index contributed by atoms with van der Waals surface area (Å²) in [5, 5.41) is 3.40. The van der Waals surface area contributed by atoms with E-state index in [4.69, 9.17) is 9.47 Å². The van der Waals surface area contributed by atoms with Crippen molar-refractivity contribution in [1.82, 2.24) is 5.32 Å². The molecule has 1 amide bonds. The summed E-state index contributed by atoms with van der Waals surface area (Å²) in [7, 11) is 0. The Labute approximate surface area is 176 Å². The van der Waals surface area contributed by atoms with Crippen LogP contribution in [0.2, 0.25) is 0 Å². The van der Waals surface area contributed by atoms with Crippen LogP contribution in [0.4, 0.5) is 5.69 Å². The lowest BCUT2D eigenvalue weighted by Crippen LogP contribution is -2.19. The number of aryl methyl sites for hydroxylation is 1. The highest BCUT2D eigenvalue weighted by Gasteiger charge is 2.24. The number of ether oxygens (including phenoxy) is 2. The van der Waals surface area contributed by atoms with Crippen molar-refractivity contribution in [1.29, 1.82) is 0 Å². The van der Waals surface area contributed by atoms with Gasteiger partial charge in [-0.1, -0.05) is 37.6 Å². The van der Waals surface area contributed by atoms with E-state index in [1.165, 1.54) is 17.3 Å². The van der Waals surface area contributed by atoms with Gasteiger partial charge in [-0.05, 0) is 67.4 Å². The first-order valence-corrected chi connectivity index (χ1v) is 10.5. The average Bonchev–Trinajstić information content (AvgIpc) is 3.02. The summed E-state index contributed by atoms with van der Waals surface area (Å²) in [5.74, 6) is 1.67. The summed E-state index contributed by atoms with van der Waals surface area (Å²) in [5.41, 5.74) is 2.85. The van der Waals surface area contributed by atoms with E-state index < -0.39 is 0 Å². The third-order valence-electron chi connectivity index (χ3n) is 4.05. The SMILES string of the molecule is CCOc1cc(/C=C2\SC(=Nc3ccc(C)cc3)NC2=O)ccc1OCC(C)C. The van der Waals surface area contributed by atoms with Gasteiger partial charge in [-0.25, -0.2) is 4.99 Å². The standard InChI is InChI=1S/C23H26N2O3S/c1-5-27-20-12-17(8-11-19(20)28-14-15(2)3)13-21-22(26)25-23(29-21)24-18-9-6-16(4)7-10-18/h6-13,15H,5,14H2,1-4H3,(H,24,25,26)/b21-13-. The molecular weight excluding hydrogens is 384 g/mol. The Morgan fingerprint density at radius 1 is 1.10 bits per heavy atom. The fraction of sp³-hybridized carbons (Fsp3) is 0.304. The second-order valence-corrected chi connectivity index (χ2v) is 8.19. The quantitative estimate of drug-likeness (QED) is 0.628. The number of amides is 1. The zero-order chi connectivity index (χ0) is 20.8. The predicted molar refractivity (Wildman–Crippen MR) is 120 cm³/mol. The predicted octanol–water partition coefficient (Wildman–Crippen LogP) is 5.32. The van der Waals surface area contributed by atoms with Crippen molar-refractivity contribution in [3.05, 3.63) is 58.5 Å². The average molecular weight is 411 g/mol. The highest BCUT2D eigenvalue weighted by Crippen LogP contribution is 2.32. The summed E-state index contributed by atoms with van der Waals surface area (Å²) in [6.45, 7) is 9.33. The highest BCUT2D eigenvalue weighted by atomic mass is 32.2. The Hall–Kier alpha value is -2.73. The number of rotatable bonds is 7. The monoisotopic (exact) mass is 410 g/mol. The molecule has 2 aromatic rings. The van der Waals surface area contributed by atoms with Crippen molar-refractivity contribution in [2.45, 2.75) is 27.7 Å². The smallest absolute Gasteiger partial charge is 0.264 e. The molecule has 29 heavy (non-hydrogen) atoms. The lowest BCUT2D eigenvalue weighted by Gasteiger charge is -2.14. The minimum absolute atomic E-state index is 0.154. The van der Waals surface area contributed by atoms with Crippen molar-refractivity contribution in [2.75, 3.05) is 13.2 Å². The molecule has 0 aliphatic carbocycles. The Bertz CT molecular complexity index is 934. The maximum atomic E-state index is 12.4. The van der Waals surface area contributed by atoms with Crippen molar-refractivity contribution >= 4 is 34.6 Å². The number of aliphatic imine (C=N–C) groups is 1. The first kappa shape index (κ1) is 21.0. The second-order valence-electron chi connectivity index (χ2n) is 7.16. The molecule has 1 saturated heterocycles. The summed E-state index contributed by atoms with van der Waals surface area (Å²) < 4.78 is 11.6. The van der Waals surface area contributed by atoms with Crippen LogP contribution in [-0.2, 0) is 4.79 Å². The normalized spacial score (nSPS) is 16.5. The van der Waals surface area contributed by atoms with Crippen molar-refractivity contribution in [3.63, 3.8) is 0 Å². The molecule has 6 heteroatoms. The molecule has 1 fully saturated rings. The summed E-state index contributed by atoms with van der Waals surface area (Å²) in [6.07, 6.45) is 1.84. The molecule has 0 aromatic heterocycles. The van der Waals surface area contributed by atoms with Crippen LogP contribution in [0.1, 0.15) is 31.9 Å². The van der Waals surface area contributed by atoms with E-state index in [9.17, 15) is 4.79 Å². The maximum absolute atomic E-state index is 12.4. The minimum Gasteiger partial charge on any atom is -0.490 e. The van der Waals surface area contributed by atoms with E-state index in [2.05, 4.69) is 24.2 Å². The van der Waals surface area contributed by atoms with E-state index in [0.717, 1.165) is 11.3 Å². The number of hydrogen-bond acceptors (Lipinski definition) is 5. The zero-order valence-corrected chi connectivity index (χ0v) is 18.0. The van der Waals surface area contributed by atoms with E-state index in [1.54, 1.807) is 0 Å². The van der Waals surface area contributed by atoms with Gasteiger partial charge in [0.25, 0.3) is 5.91 Å². The van der Waals surface area contributed by atoms with Gasteiger partial charge >= 0.3 is 0 Å².